The van der Waals surface area contributed by atoms with E-state index in [0.29, 0.717) is 24.5 Å². The van der Waals surface area contributed by atoms with Crippen LogP contribution in [0.25, 0.3) is 0 Å². The average molecular weight is 281 g/mol. The minimum Gasteiger partial charge on any atom is -0.342 e. The van der Waals surface area contributed by atoms with Crippen LogP contribution in [0.5, 0.6) is 0 Å². The lowest BCUT2D eigenvalue weighted by Crippen LogP contribution is -2.48. The maximum Gasteiger partial charge on any atom is 0.236 e. The first-order chi connectivity index (χ1) is 9.56. The van der Waals surface area contributed by atoms with Gasteiger partial charge in [-0.25, -0.2) is 0 Å². The largest absolute Gasteiger partial charge is 0.342 e. The minimum absolute atomic E-state index is 0.323. The van der Waals surface area contributed by atoms with Gasteiger partial charge >= 0.3 is 0 Å². The Kier molecular flexibility index (Phi) is 5.85. The molecule has 0 radical (unpaired) electrons. The molecule has 0 bridgehead atoms. The first-order valence-corrected chi connectivity index (χ1v) is 8.31. The molecule has 0 aromatic heterocycles. The Morgan fingerprint density at radius 3 is 2.55 bits per heavy atom. The van der Waals surface area contributed by atoms with Gasteiger partial charge in [0.05, 0.1) is 6.54 Å². The van der Waals surface area contributed by atoms with Gasteiger partial charge in [0.15, 0.2) is 0 Å². The van der Waals surface area contributed by atoms with E-state index in [1.807, 2.05) is 0 Å². The number of nitrogens with one attached hydrogen (secondary N) is 1. The Hall–Kier alpha value is -0.610. The summed E-state index contributed by atoms with van der Waals surface area (Å²) in [5.74, 6) is 1.10. The van der Waals surface area contributed by atoms with Gasteiger partial charge in [0.1, 0.15) is 0 Å². The zero-order chi connectivity index (χ0) is 14.5. The standard InChI is InChI=1S/C16H31N3O/c1-13(2)19(11-15-5-4-8-17-15)12-16(20)18-9-6-14(3)7-10-18/h13-15,17H,4-12H2,1-3H3. The van der Waals surface area contributed by atoms with Gasteiger partial charge in [0.2, 0.25) is 5.91 Å². The summed E-state index contributed by atoms with van der Waals surface area (Å²) in [5.41, 5.74) is 0. The van der Waals surface area contributed by atoms with Crippen molar-refractivity contribution < 1.29 is 4.79 Å². The fourth-order valence-electron chi connectivity index (χ4n) is 3.19. The van der Waals surface area contributed by atoms with Crippen LogP contribution in [0, 0.1) is 5.92 Å². The van der Waals surface area contributed by atoms with Crippen LogP contribution in [0.15, 0.2) is 0 Å². The van der Waals surface area contributed by atoms with E-state index in [1.165, 1.54) is 12.8 Å². The van der Waals surface area contributed by atoms with E-state index in [-0.39, 0.29) is 0 Å². The molecule has 2 aliphatic rings. The lowest BCUT2D eigenvalue weighted by molar-refractivity contribution is -0.134. The highest BCUT2D eigenvalue weighted by molar-refractivity contribution is 5.78. The van der Waals surface area contributed by atoms with Gasteiger partial charge in [-0.05, 0) is 52.0 Å². The Morgan fingerprint density at radius 1 is 1.30 bits per heavy atom. The molecule has 2 fully saturated rings. The molecule has 116 valence electrons. The maximum absolute atomic E-state index is 12.5. The van der Waals surface area contributed by atoms with E-state index >= 15 is 0 Å². The summed E-state index contributed by atoms with van der Waals surface area (Å²) in [5, 5.41) is 3.53. The third kappa shape index (κ3) is 4.45. The van der Waals surface area contributed by atoms with Crippen LogP contribution < -0.4 is 5.32 Å². The fraction of sp³-hybridized carbons (Fsp3) is 0.938. The molecule has 1 amide bonds. The second kappa shape index (κ2) is 7.41. The molecule has 0 aromatic rings. The number of hydrogen-bond donors (Lipinski definition) is 1. The molecule has 1 atom stereocenters. The molecule has 0 saturated carbocycles. The summed E-state index contributed by atoms with van der Waals surface area (Å²) >= 11 is 0. The molecule has 2 saturated heterocycles. The van der Waals surface area contributed by atoms with Crippen LogP contribution >= 0.6 is 0 Å². The van der Waals surface area contributed by atoms with E-state index in [1.54, 1.807) is 0 Å². The molecule has 0 spiro atoms. The van der Waals surface area contributed by atoms with Crippen LogP contribution in [0.4, 0.5) is 0 Å². The summed E-state index contributed by atoms with van der Waals surface area (Å²) in [6.07, 6.45) is 4.85. The fourth-order valence-corrected chi connectivity index (χ4v) is 3.19. The normalized spacial score (nSPS) is 24.9. The predicted molar refractivity (Wildman–Crippen MR) is 82.7 cm³/mol. The second-order valence-corrected chi connectivity index (χ2v) is 6.88. The number of piperidine rings is 1. The summed E-state index contributed by atoms with van der Waals surface area (Å²) in [7, 11) is 0. The van der Waals surface area contributed by atoms with Crippen LogP contribution in [0.2, 0.25) is 0 Å². The highest BCUT2D eigenvalue weighted by Gasteiger charge is 2.25. The van der Waals surface area contributed by atoms with E-state index < -0.39 is 0 Å². The third-order valence-electron chi connectivity index (χ3n) is 4.82. The van der Waals surface area contributed by atoms with Gasteiger partial charge in [0.25, 0.3) is 0 Å². The van der Waals surface area contributed by atoms with Crippen LogP contribution in [0.1, 0.15) is 46.5 Å². The van der Waals surface area contributed by atoms with Crippen molar-refractivity contribution in [1.82, 2.24) is 15.1 Å². The van der Waals surface area contributed by atoms with E-state index in [0.717, 1.165) is 44.9 Å². The zero-order valence-corrected chi connectivity index (χ0v) is 13.4. The van der Waals surface area contributed by atoms with E-state index in [2.05, 4.69) is 35.9 Å². The summed E-state index contributed by atoms with van der Waals surface area (Å²) in [6.45, 7) is 11.3. The molecule has 4 nitrogen and oxygen atoms in total. The van der Waals surface area contributed by atoms with Gasteiger partial charge < -0.3 is 10.2 Å². The molecule has 4 heteroatoms. The highest BCUT2D eigenvalue weighted by Crippen LogP contribution is 2.17. The first-order valence-electron chi connectivity index (χ1n) is 8.31. The highest BCUT2D eigenvalue weighted by atomic mass is 16.2. The molecular weight excluding hydrogens is 250 g/mol. The first kappa shape index (κ1) is 15.8. The van der Waals surface area contributed by atoms with Gasteiger partial charge in [-0.1, -0.05) is 6.92 Å². The Labute approximate surface area is 123 Å². The molecule has 2 rings (SSSR count). The van der Waals surface area contributed by atoms with Crippen molar-refractivity contribution in [2.75, 3.05) is 32.7 Å². The Morgan fingerprint density at radius 2 is 2.00 bits per heavy atom. The minimum atomic E-state index is 0.323. The number of carbonyl (C=O) groups excluding carboxylic acids is 1. The number of carbonyl (C=O) groups is 1. The van der Waals surface area contributed by atoms with Gasteiger partial charge in [0, 0.05) is 31.7 Å². The topological polar surface area (TPSA) is 35.6 Å². The molecule has 0 aromatic carbocycles. The number of nitrogens with zero attached hydrogens (tertiary/aromatic N) is 2. The van der Waals surface area contributed by atoms with Crippen molar-refractivity contribution >= 4 is 5.91 Å². The Bertz CT molecular complexity index is 305. The summed E-state index contributed by atoms with van der Waals surface area (Å²) in [4.78, 5) is 16.9. The predicted octanol–water partition coefficient (Wildman–Crippen LogP) is 1.71. The molecule has 2 heterocycles. The number of hydrogen-bond acceptors (Lipinski definition) is 3. The molecule has 0 aliphatic carbocycles. The van der Waals surface area contributed by atoms with E-state index in [4.69, 9.17) is 0 Å². The van der Waals surface area contributed by atoms with Gasteiger partial charge in [-0.2, -0.15) is 0 Å². The molecule has 1 N–H and O–H groups in total. The van der Waals surface area contributed by atoms with Crippen molar-refractivity contribution in [1.29, 1.82) is 0 Å². The molecule has 1 unspecified atom stereocenters. The summed E-state index contributed by atoms with van der Waals surface area (Å²) < 4.78 is 0. The monoisotopic (exact) mass is 281 g/mol. The second-order valence-electron chi connectivity index (χ2n) is 6.88. The quantitative estimate of drug-likeness (QED) is 0.833. The molecule has 20 heavy (non-hydrogen) atoms. The Balaban J connectivity index is 1.82. The van der Waals surface area contributed by atoms with E-state index in [9.17, 15) is 4.79 Å². The van der Waals surface area contributed by atoms with Crippen molar-refractivity contribution in [3.05, 3.63) is 0 Å². The van der Waals surface area contributed by atoms with Crippen LogP contribution in [-0.4, -0.2) is 60.5 Å². The lowest BCUT2D eigenvalue weighted by Gasteiger charge is -2.34. The number of likely N-dealkylation sites (tertiary alicyclic amines) is 1. The van der Waals surface area contributed by atoms with Crippen molar-refractivity contribution in [2.24, 2.45) is 5.92 Å². The third-order valence-corrected chi connectivity index (χ3v) is 4.82. The number of rotatable bonds is 5. The van der Waals surface area contributed by atoms with Crippen LogP contribution in [-0.2, 0) is 4.79 Å². The number of amides is 1. The van der Waals surface area contributed by atoms with Gasteiger partial charge in [-0.15, -0.1) is 0 Å². The van der Waals surface area contributed by atoms with Crippen molar-refractivity contribution in [3.8, 4) is 0 Å². The van der Waals surface area contributed by atoms with Crippen molar-refractivity contribution in [3.63, 3.8) is 0 Å². The molecule has 2 aliphatic heterocycles. The zero-order valence-electron chi connectivity index (χ0n) is 13.4. The maximum atomic E-state index is 12.5. The smallest absolute Gasteiger partial charge is 0.236 e. The van der Waals surface area contributed by atoms with Crippen LogP contribution in [0.3, 0.4) is 0 Å². The van der Waals surface area contributed by atoms with Crippen molar-refractivity contribution in [2.45, 2.75) is 58.5 Å². The molecular formula is C16H31N3O. The summed E-state index contributed by atoms with van der Waals surface area (Å²) in [6, 6.07) is 1.01. The van der Waals surface area contributed by atoms with Gasteiger partial charge in [-0.3, -0.25) is 9.69 Å². The average Bonchev–Trinajstić information content (AvgIpc) is 2.91. The lowest BCUT2D eigenvalue weighted by atomic mass is 9.99. The SMILES string of the molecule is CC1CCN(C(=O)CN(CC2CCCN2)C(C)C)CC1.